The summed E-state index contributed by atoms with van der Waals surface area (Å²) in [4.78, 5) is 4.84. The average Bonchev–Trinajstić information content (AvgIpc) is 3.08. The molecular formula is C23H20Cl2N2O. The number of ether oxygens (including phenoxy) is 1. The van der Waals surface area contributed by atoms with Gasteiger partial charge in [0.15, 0.2) is 0 Å². The van der Waals surface area contributed by atoms with E-state index in [1.165, 1.54) is 0 Å². The molecular weight excluding hydrogens is 391 g/mol. The maximum absolute atomic E-state index is 6.20. The maximum atomic E-state index is 6.20. The average molecular weight is 411 g/mol. The van der Waals surface area contributed by atoms with Crippen molar-refractivity contribution in [1.82, 2.24) is 9.55 Å². The quantitative estimate of drug-likeness (QED) is 0.310. The number of aromatic nitrogens is 2. The van der Waals surface area contributed by atoms with Crippen LogP contribution in [0.25, 0.3) is 22.4 Å². The number of unbranched alkanes of at least 4 members (excludes halogenated alkanes) is 1. The molecule has 0 spiro atoms. The van der Waals surface area contributed by atoms with Gasteiger partial charge in [-0.05, 0) is 49.2 Å². The number of rotatable bonds is 7. The van der Waals surface area contributed by atoms with Gasteiger partial charge in [0.05, 0.1) is 22.7 Å². The van der Waals surface area contributed by atoms with Crippen molar-refractivity contribution in [3.8, 4) is 17.1 Å². The first-order chi connectivity index (χ1) is 13.7. The summed E-state index contributed by atoms with van der Waals surface area (Å²) in [5.74, 6) is 1.67. The highest BCUT2D eigenvalue weighted by molar-refractivity contribution is 6.32. The highest BCUT2D eigenvalue weighted by atomic mass is 35.5. The molecule has 0 N–H and O–H groups in total. The molecule has 3 nitrogen and oxygen atoms in total. The van der Waals surface area contributed by atoms with E-state index < -0.39 is 0 Å². The second-order valence-electron chi connectivity index (χ2n) is 6.57. The van der Waals surface area contributed by atoms with Gasteiger partial charge < -0.3 is 9.30 Å². The van der Waals surface area contributed by atoms with Gasteiger partial charge in [-0.25, -0.2) is 4.98 Å². The van der Waals surface area contributed by atoms with Crippen LogP contribution in [0.1, 0.15) is 12.8 Å². The minimum Gasteiger partial charge on any atom is -0.492 e. The Bertz CT molecular complexity index is 1090. The molecule has 28 heavy (non-hydrogen) atoms. The predicted octanol–water partition coefficient (Wildman–Crippen LogP) is 6.87. The van der Waals surface area contributed by atoms with Crippen LogP contribution in [0.3, 0.4) is 0 Å². The molecule has 142 valence electrons. The van der Waals surface area contributed by atoms with Crippen molar-refractivity contribution in [2.45, 2.75) is 19.4 Å². The fourth-order valence-corrected chi connectivity index (χ4v) is 3.65. The predicted molar refractivity (Wildman–Crippen MR) is 116 cm³/mol. The maximum Gasteiger partial charge on any atom is 0.141 e. The number of aryl methyl sites for hydroxylation is 1. The highest BCUT2D eigenvalue weighted by Crippen LogP contribution is 2.27. The van der Waals surface area contributed by atoms with E-state index in [4.69, 9.17) is 32.9 Å². The van der Waals surface area contributed by atoms with Crippen molar-refractivity contribution < 1.29 is 4.74 Å². The van der Waals surface area contributed by atoms with E-state index in [1.54, 1.807) is 0 Å². The number of fused-ring (bicyclic) bond motifs is 1. The van der Waals surface area contributed by atoms with Crippen LogP contribution in [0.5, 0.6) is 5.75 Å². The molecule has 3 aromatic carbocycles. The van der Waals surface area contributed by atoms with E-state index in [1.807, 2.05) is 66.7 Å². The zero-order valence-electron chi connectivity index (χ0n) is 15.3. The summed E-state index contributed by atoms with van der Waals surface area (Å²) >= 11 is 12.3. The van der Waals surface area contributed by atoms with Crippen molar-refractivity contribution in [2.24, 2.45) is 0 Å². The fourth-order valence-electron chi connectivity index (χ4n) is 3.27. The first-order valence-electron chi connectivity index (χ1n) is 9.31. The number of hydrogen-bond donors (Lipinski definition) is 0. The summed E-state index contributed by atoms with van der Waals surface area (Å²) in [6, 6.07) is 23.6. The Labute approximate surface area is 174 Å². The smallest absolute Gasteiger partial charge is 0.141 e. The first kappa shape index (κ1) is 18.9. The summed E-state index contributed by atoms with van der Waals surface area (Å²) in [5, 5.41) is 1.36. The zero-order chi connectivity index (χ0) is 19.3. The van der Waals surface area contributed by atoms with Gasteiger partial charge >= 0.3 is 0 Å². The Hall–Kier alpha value is -2.49. The summed E-state index contributed by atoms with van der Waals surface area (Å²) in [6.07, 6.45) is 1.89. The van der Waals surface area contributed by atoms with Crippen LogP contribution >= 0.6 is 23.2 Å². The van der Waals surface area contributed by atoms with Crippen LogP contribution in [0.4, 0.5) is 0 Å². The Morgan fingerprint density at radius 3 is 2.54 bits per heavy atom. The molecule has 5 heteroatoms. The molecule has 1 aromatic heterocycles. The van der Waals surface area contributed by atoms with E-state index in [9.17, 15) is 0 Å². The van der Waals surface area contributed by atoms with Gasteiger partial charge in [0.2, 0.25) is 0 Å². The molecule has 0 radical (unpaired) electrons. The van der Waals surface area contributed by atoms with Gasteiger partial charge in [0, 0.05) is 17.1 Å². The molecule has 0 amide bonds. The van der Waals surface area contributed by atoms with Gasteiger partial charge in [0.1, 0.15) is 11.6 Å². The zero-order valence-corrected chi connectivity index (χ0v) is 16.8. The van der Waals surface area contributed by atoms with E-state index >= 15 is 0 Å². The molecule has 0 fully saturated rings. The number of benzene rings is 3. The molecule has 0 saturated heterocycles. The summed E-state index contributed by atoms with van der Waals surface area (Å²) in [7, 11) is 0. The molecule has 0 aliphatic rings. The summed E-state index contributed by atoms with van der Waals surface area (Å²) in [6.45, 7) is 1.48. The van der Waals surface area contributed by atoms with Gasteiger partial charge in [-0.15, -0.1) is 0 Å². The van der Waals surface area contributed by atoms with Crippen LogP contribution in [0.15, 0.2) is 72.8 Å². The highest BCUT2D eigenvalue weighted by Gasteiger charge is 2.12. The van der Waals surface area contributed by atoms with Gasteiger partial charge in [-0.3, -0.25) is 0 Å². The molecule has 0 saturated carbocycles. The minimum atomic E-state index is 0.628. The second-order valence-corrected chi connectivity index (χ2v) is 7.42. The van der Waals surface area contributed by atoms with Crippen LogP contribution in [-0.4, -0.2) is 16.2 Å². The van der Waals surface area contributed by atoms with Crippen molar-refractivity contribution in [2.75, 3.05) is 6.61 Å². The molecule has 4 rings (SSSR count). The number of halogens is 2. The van der Waals surface area contributed by atoms with Crippen molar-refractivity contribution in [3.63, 3.8) is 0 Å². The lowest BCUT2D eigenvalue weighted by Crippen LogP contribution is -2.04. The molecule has 0 aliphatic carbocycles. The van der Waals surface area contributed by atoms with Crippen molar-refractivity contribution in [1.29, 1.82) is 0 Å². The second kappa shape index (κ2) is 8.68. The van der Waals surface area contributed by atoms with Crippen LogP contribution < -0.4 is 4.74 Å². The summed E-state index contributed by atoms with van der Waals surface area (Å²) < 4.78 is 8.06. The number of nitrogens with zero attached hydrogens (tertiary/aromatic N) is 2. The Kier molecular flexibility index (Phi) is 5.84. The minimum absolute atomic E-state index is 0.628. The van der Waals surface area contributed by atoms with Gasteiger partial charge in [-0.1, -0.05) is 59.6 Å². The third-order valence-electron chi connectivity index (χ3n) is 4.61. The van der Waals surface area contributed by atoms with Crippen LogP contribution in [0.2, 0.25) is 10.0 Å². The molecule has 0 atom stereocenters. The molecule has 0 unspecified atom stereocenters. The summed E-state index contributed by atoms with van der Waals surface area (Å²) in [5.41, 5.74) is 3.14. The number of para-hydroxylation sites is 3. The lowest BCUT2D eigenvalue weighted by Gasteiger charge is -2.11. The Morgan fingerprint density at radius 1 is 0.857 bits per heavy atom. The van der Waals surface area contributed by atoms with Gasteiger partial charge in [-0.2, -0.15) is 0 Å². The third kappa shape index (κ3) is 4.16. The van der Waals surface area contributed by atoms with Crippen molar-refractivity contribution >= 4 is 34.2 Å². The lowest BCUT2D eigenvalue weighted by atomic mass is 10.2. The van der Waals surface area contributed by atoms with E-state index in [-0.39, 0.29) is 0 Å². The standard InChI is InChI=1S/C23H20Cl2N2O/c24-18-9-7-8-17(16-18)23-26-20-11-2-3-12-21(20)27(23)14-5-6-15-28-22-13-4-1-10-19(22)25/h1-4,7-13,16H,5-6,14-15H2. The molecule has 0 aliphatic heterocycles. The largest absolute Gasteiger partial charge is 0.492 e. The van der Waals surface area contributed by atoms with E-state index in [0.717, 1.165) is 47.6 Å². The normalized spacial score (nSPS) is 11.1. The van der Waals surface area contributed by atoms with E-state index in [2.05, 4.69) is 10.6 Å². The fraction of sp³-hybridized carbons (Fsp3) is 0.174. The Balaban J connectivity index is 1.48. The Morgan fingerprint density at radius 2 is 1.68 bits per heavy atom. The van der Waals surface area contributed by atoms with E-state index in [0.29, 0.717) is 16.7 Å². The SMILES string of the molecule is Clc1cccc(-c2nc3ccccc3n2CCCCOc2ccccc2Cl)c1. The third-order valence-corrected chi connectivity index (χ3v) is 5.15. The van der Waals surface area contributed by atoms with Crippen LogP contribution in [-0.2, 0) is 6.54 Å². The first-order valence-corrected chi connectivity index (χ1v) is 10.1. The monoisotopic (exact) mass is 410 g/mol. The van der Waals surface area contributed by atoms with Crippen LogP contribution in [0, 0.1) is 0 Å². The topological polar surface area (TPSA) is 27.1 Å². The number of imidazole rings is 1. The molecule has 1 heterocycles. The molecule has 4 aromatic rings. The lowest BCUT2D eigenvalue weighted by molar-refractivity contribution is 0.304. The number of hydrogen-bond acceptors (Lipinski definition) is 2. The molecule has 0 bridgehead atoms. The van der Waals surface area contributed by atoms with Crippen molar-refractivity contribution in [3.05, 3.63) is 82.8 Å². The van der Waals surface area contributed by atoms with Gasteiger partial charge in [0.25, 0.3) is 0 Å².